The van der Waals surface area contributed by atoms with Crippen molar-refractivity contribution >= 4 is 29.1 Å². The Morgan fingerprint density at radius 1 is 1.21 bits per heavy atom. The van der Waals surface area contributed by atoms with Crippen molar-refractivity contribution in [3.8, 4) is 17.2 Å². The lowest BCUT2D eigenvalue weighted by atomic mass is 10.2. The molecule has 1 atom stereocenters. The number of halogens is 2. The maximum atomic E-state index is 11.9. The van der Waals surface area contributed by atoms with E-state index in [4.69, 9.17) is 37.4 Å². The third kappa shape index (κ3) is 4.24. The van der Waals surface area contributed by atoms with Crippen molar-refractivity contribution in [2.75, 3.05) is 19.8 Å². The van der Waals surface area contributed by atoms with Gasteiger partial charge >= 0.3 is 0 Å². The molecule has 0 radical (unpaired) electrons. The SMILES string of the molecule is O=C(COc1ccc(Cl)cc1Cl)NC[C@@H]1COc2ccccc2O1. The number of nitrogens with one attached hydrogen (secondary N) is 1. The third-order valence-electron chi connectivity index (χ3n) is 3.35. The van der Waals surface area contributed by atoms with Gasteiger partial charge in [0.25, 0.3) is 5.91 Å². The van der Waals surface area contributed by atoms with Crippen LogP contribution in [0.4, 0.5) is 0 Å². The van der Waals surface area contributed by atoms with E-state index >= 15 is 0 Å². The number of rotatable bonds is 5. The minimum Gasteiger partial charge on any atom is -0.486 e. The van der Waals surface area contributed by atoms with Crippen LogP contribution in [0.15, 0.2) is 42.5 Å². The number of fused-ring (bicyclic) bond motifs is 1. The minimum atomic E-state index is -0.275. The molecule has 2 aromatic rings. The lowest BCUT2D eigenvalue weighted by molar-refractivity contribution is -0.123. The molecule has 0 saturated heterocycles. The van der Waals surface area contributed by atoms with Crippen LogP contribution >= 0.6 is 23.2 Å². The van der Waals surface area contributed by atoms with Gasteiger partial charge in [-0.15, -0.1) is 0 Å². The Labute approximate surface area is 149 Å². The van der Waals surface area contributed by atoms with Gasteiger partial charge in [-0.1, -0.05) is 35.3 Å². The predicted molar refractivity (Wildman–Crippen MR) is 91.3 cm³/mol. The fraction of sp³-hybridized carbons (Fsp3) is 0.235. The summed E-state index contributed by atoms with van der Waals surface area (Å²) in [6.07, 6.45) is -0.247. The van der Waals surface area contributed by atoms with Crippen molar-refractivity contribution in [1.29, 1.82) is 0 Å². The minimum absolute atomic E-state index is 0.147. The number of benzene rings is 2. The van der Waals surface area contributed by atoms with E-state index in [1.165, 1.54) is 0 Å². The van der Waals surface area contributed by atoms with E-state index in [1.54, 1.807) is 18.2 Å². The van der Waals surface area contributed by atoms with E-state index in [-0.39, 0.29) is 18.6 Å². The number of para-hydroxylation sites is 2. The summed E-state index contributed by atoms with van der Waals surface area (Å²) in [5.74, 6) is 1.51. The Kier molecular flexibility index (Phi) is 5.33. The highest BCUT2D eigenvalue weighted by Crippen LogP contribution is 2.30. The first-order valence-electron chi connectivity index (χ1n) is 7.35. The van der Waals surface area contributed by atoms with Gasteiger partial charge < -0.3 is 19.5 Å². The third-order valence-corrected chi connectivity index (χ3v) is 3.88. The highest BCUT2D eigenvalue weighted by atomic mass is 35.5. The maximum absolute atomic E-state index is 11.9. The molecule has 1 amide bonds. The van der Waals surface area contributed by atoms with E-state index in [1.807, 2.05) is 24.3 Å². The monoisotopic (exact) mass is 367 g/mol. The molecule has 5 nitrogen and oxygen atoms in total. The standard InChI is InChI=1S/C17H15Cl2NO4/c18-11-5-6-14(13(19)7-11)23-10-17(21)20-8-12-9-22-15-3-1-2-4-16(15)24-12/h1-7,12H,8-10H2,(H,20,21)/t12-/m1/s1. The van der Waals surface area contributed by atoms with E-state index in [9.17, 15) is 4.79 Å². The van der Waals surface area contributed by atoms with Gasteiger partial charge in [0.2, 0.25) is 0 Å². The molecule has 126 valence electrons. The van der Waals surface area contributed by atoms with Crippen LogP contribution in [0.3, 0.4) is 0 Å². The summed E-state index contributed by atoms with van der Waals surface area (Å²) in [5, 5.41) is 3.61. The molecule has 0 spiro atoms. The van der Waals surface area contributed by atoms with Crippen LogP contribution in [0.5, 0.6) is 17.2 Å². The number of amides is 1. The second-order valence-electron chi connectivity index (χ2n) is 5.17. The van der Waals surface area contributed by atoms with Crippen LogP contribution in [0.25, 0.3) is 0 Å². The van der Waals surface area contributed by atoms with Crippen molar-refractivity contribution in [2.24, 2.45) is 0 Å². The molecule has 1 aliphatic heterocycles. The van der Waals surface area contributed by atoms with Crippen molar-refractivity contribution in [1.82, 2.24) is 5.32 Å². The average Bonchev–Trinajstić information content (AvgIpc) is 2.59. The van der Waals surface area contributed by atoms with Gasteiger partial charge in [-0.25, -0.2) is 0 Å². The fourth-order valence-electron chi connectivity index (χ4n) is 2.18. The Bertz CT molecular complexity index is 738. The molecule has 0 aliphatic carbocycles. The summed E-state index contributed by atoms with van der Waals surface area (Å²) in [7, 11) is 0. The van der Waals surface area contributed by atoms with Gasteiger partial charge in [0.15, 0.2) is 18.1 Å². The molecule has 0 unspecified atom stereocenters. The zero-order chi connectivity index (χ0) is 16.9. The van der Waals surface area contributed by atoms with Gasteiger partial charge in [-0.3, -0.25) is 4.79 Å². The van der Waals surface area contributed by atoms with Gasteiger partial charge in [0.1, 0.15) is 18.5 Å². The van der Waals surface area contributed by atoms with E-state index in [0.29, 0.717) is 40.4 Å². The first-order valence-corrected chi connectivity index (χ1v) is 8.10. The summed E-state index contributed by atoms with van der Waals surface area (Å²) in [5.41, 5.74) is 0. The quantitative estimate of drug-likeness (QED) is 0.880. The molecule has 0 aromatic heterocycles. The van der Waals surface area contributed by atoms with Gasteiger partial charge in [-0.2, -0.15) is 0 Å². The Hall–Kier alpha value is -2.11. The van der Waals surface area contributed by atoms with Crippen LogP contribution in [0.1, 0.15) is 0 Å². The van der Waals surface area contributed by atoms with E-state index in [2.05, 4.69) is 5.32 Å². The summed E-state index contributed by atoms with van der Waals surface area (Å²) in [6.45, 7) is 0.553. The Balaban J connectivity index is 1.45. The van der Waals surface area contributed by atoms with Gasteiger partial charge in [0.05, 0.1) is 11.6 Å². The summed E-state index contributed by atoms with van der Waals surface area (Å²) >= 11 is 11.8. The lowest BCUT2D eigenvalue weighted by Gasteiger charge is -2.26. The molecule has 3 rings (SSSR count). The van der Waals surface area contributed by atoms with Crippen molar-refractivity contribution in [2.45, 2.75) is 6.10 Å². The number of carbonyl (C=O) groups is 1. The number of carbonyl (C=O) groups excluding carboxylic acids is 1. The topological polar surface area (TPSA) is 56.8 Å². The second-order valence-corrected chi connectivity index (χ2v) is 6.01. The lowest BCUT2D eigenvalue weighted by Crippen LogP contribution is -2.42. The van der Waals surface area contributed by atoms with Crippen LogP contribution < -0.4 is 19.5 Å². The van der Waals surface area contributed by atoms with Crippen molar-refractivity contribution in [3.63, 3.8) is 0 Å². The highest BCUT2D eigenvalue weighted by Gasteiger charge is 2.21. The molecule has 24 heavy (non-hydrogen) atoms. The molecule has 2 aromatic carbocycles. The van der Waals surface area contributed by atoms with Crippen LogP contribution in [-0.2, 0) is 4.79 Å². The maximum Gasteiger partial charge on any atom is 0.258 e. The van der Waals surface area contributed by atoms with Crippen LogP contribution in [0, 0.1) is 0 Å². The van der Waals surface area contributed by atoms with Crippen LogP contribution in [-0.4, -0.2) is 31.8 Å². The molecule has 7 heteroatoms. The first kappa shape index (κ1) is 16.7. The first-order chi connectivity index (χ1) is 11.6. The summed E-state index contributed by atoms with van der Waals surface area (Å²) in [6, 6.07) is 12.2. The molecule has 1 aliphatic rings. The fourth-order valence-corrected chi connectivity index (χ4v) is 2.64. The average molecular weight is 368 g/mol. The second kappa shape index (κ2) is 7.64. The zero-order valence-corrected chi connectivity index (χ0v) is 14.1. The molecule has 1 heterocycles. The van der Waals surface area contributed by atoms with Crippen molar-refractivity contribution in [3.05, 3.63) is 52.5 Å². The molecular weight excluding hydrogens is 353 g/mol. The molecule has 0 saturated carbocycles. The normalized spacial score (nSPS) is 15.7. The molecule has 0 bridgehead atoms. The van der Waals surface area contributed by atoms with E-state index in [0.717, 1.165) is 0 Å². The Morgan fingerprint density at radius 3 is 2.79 bits per heavy atom. The van der Waals surface area contributed by atoms with Crippen LogP contribution in [0.2, 0.25) is 10.0 Å². The summed E-state index contributed by atoms with van der Waals surface area (Å²) in [4.78, 5) is 11.9. The van der Waals surface area contributed by atoms with Crippen molar-refractivity contribution < 1.29 is 19.0 Å². The van der Waals surface area contributed by atoms with Gasteiger partial charge in [-0.05, 0) is 30.3 Å². The molecular formula is C17H15Cl2NO4. The van der Waals surface area contributed by atoms with E-state index < -0.39 is 0 Å². The molecule has 0 fully saturated rings. The highest BCUT2D eigenvalue weighted by molar-refractivity contribution is 6.35. The largest absolute Gasteiger partial charge is 0.486 e. The molecule has 1 N–H and O–H groups in total. The Morgan fingerprint density at radius 2 is 2.00 bits per heavy atom. The smallest absolute Gasteiger partial charge is 0.258 e. The summed E-state index contributed by atoms with van der Waals surface area (Å²) < 4.78 is 16.7. The zero-order valence-electron chi connectivity index (χ0n) is 12.6. The van der Waals surface area contributed by atoms with Gasteiger partial charge in [0, 0.05) is 5.02 Å². The number of hydrogen-bond acceptors (Lipinski definition) is 4. The number of hydrogen-bond donors (Lipinski definition) is 1. The predicted octanol–water partition coefficient (Wildman–Crippen LogP) is 3.33. The number of ether oxygens (including phenoxy) is 3.